The van der Waals surface area contributed by atoms with Gasteiger partial charge in [-0.15, -0.1) is 0 Å². The highest BCUT2D eigenvalue weighted by molar-refractivity contribution is 5.67. The minimum atomic E-state index is -0.463. The number of nitrogens with one attached hydrogen (secondary N) is 2. The Balaban J connectivity index is 2.24. The third-order valence-corrected chi connectivity index (χ3v) is 3.81. The Labute approximate surface area is 133 Å². The van der Waals surface area contributed by atoms with Crippen molar-refractivity contribution < 1.29 is 19.4 Å². The Kier molecular flexibility index (Phi) is 8.14. The molecule has 22 heavy (non-hydrogen) atoms. The van der Waals surface area contributed by atoms with E-state index in [-0.39, 0.29) is 6.09 Å². The molecule has 0 aromatic carbocycles. The van der Waals surface area contributed by atoms with Gasteiger partial charge in [-0.05, 0) is 52.5 Å². The lowest BCUT2D eigenvalue weighted by Crippen LogP contribution is -2.41. The third-order valence-electron chi connectivity index (χ3n) is 3.81. The molecule has 0 saturated heterocycles. The largest absolute Gasteiger partial charge is 0.444 e. The zero-order valence-electron chi connectivity index (χ0n) is 14.4. The fraction of sp³-hybridized carbons (Fsp3) is 0.938. The van der Waals surface area contributed by atoms with Crippen LogP contribution in [0.25, 0.3) is 0 Å². The van der Waals surface area contributed by atoms with Crippen molar-refractivity contribution >= 4 is 6.09 Å². The molecule has 6 nitrogen and oxygen atoms in total. The van der Waals surface area contributed by atoms with Gasteiger partial charge in [0.15, 0.2) is 0 Å². The van der Waals surface area contributed by atoms with Crippen molar-refractivity contribution in [3.63, 3.8) is 0 Å². The van der Waals surface area contributed by atoms with Crippen molar-refractivity contribution in [2.75, 3.05) is 26.8 Å². The summed E-state index contributed by atoms with van der Waals surface area (Å²) in [5, 5.41) is 16.0. The molecule has 1 aliphatic carbocycles. The Morgan fingerprint density at radius 1 is 1.36 bits per heavy atom. The Hall–Kier alpha value is -0.850. The quantitative estimate of drug-likeness (QED) is 0.635. The van der Waals surface area contributed by atoms with Gasteiger partial charge in [0, 0.05) is 19.7 Å². The average Bonchev–Trinajstić information content (AvgIpc) is 2.82. The maximum absolute atomic E-state index is 11.7. The van der Waals surface area contributed by atoms with Gasteiger partial charge >= 0.3 is 6.09 Å². The van der Waals surface area contributed by atoms with Crippen LogP contribution in [0.1, 0.15) is 46.5 Å². The minimum absolute atomic E-state index is 0.353. The summed E-state index contributed by atoms with van der Waals surface area (Å²) in [5.41, 5.74) is -0.463. The lowest BCUT2D eigenvalue weighted by Gasteiger charge is -2.24. The molecule has 0 radical (unpaired) electrons. The highest BCUT2D eigenvalue weighted by Gasteiger charge is 2.27. The zero-order valence-corrected chi connectivity index (χ0v) is 14.4. The van der Waals surface area contributed by atoms with E-state index in [1.165, 1.54) is 6.42 Å². The molecule has 1 fully saturated rings. The van der Waals surface area contributed by atoms with Crippen LogP contribution in [0, 0.1) is 5.92 Å². The monoisotopic (exact) mass is 316 g/mol. The van der Waals surface area contributed by atoms with Crippen molar-refractivity contribution in [2.45, 2.75) is 64.2 Å². The van der Waals surface area contributed by atoms with Gasteiger partial charge in [0.25, 0.3) is 0 Å². The van der Waals surface area contributed by atoms with Gasteiger partial charge in [-0.1, -0.05) is 6.42 Å². The van der Waals surface area contributed by atoms with Crippen molar-refractivity contribution in [1.29, 1.82) is 0 Å². The van der Waals surface area contributed by atoms with Crippen LogP contribution in [0.5, 0.6) is 0 Å². The molecular weight excluding hydrogens is 284 g/mol. The van der Waals surface area contributed by atoms with E-state index in [9.17, 15) is 9.90 Å². The number of carbonyl (C=O) groups excluding carboxylic acids is 1. The molecular formula is C16H32N2O4. The predicted octanol–water partition coefficient (Wildman–Crippen LogP) is 1.67. The first-order valence-corrected chi connectivity index (χ1v) is 8.19. The molecule has 0 aliphatic heterocycles. The van der Waals surface area contributed by atoms with E-state index in [2.05, 4.69) is 10.6 Å². The van der Waals surface area contributed by atoms with E-state index in [1.807, 2.05) is 20.8 Å². The van der Waals surface area contributed by atoms with Crippen LogP contribution in [0.2, 0.25) is 0 Å². The number of carbonyl (C=O) groups is 1. The first kappa shape index (κ1) is 19.2. The molecule has 3 unspecified atom stereocenters. The number of alkyl carbamates (subject to hydrolysis) is 1. The lowest BCUT2D eigenvalue weighted by atomic mass is 10.0. The molecule has 0 heterocycles. The minimum Gasteiger partial charge on any atom is -0.444 e. The molecule has 6 heteroatoms. The van der Waals surface area contributed by atoms with Crippen LogP contribution >= 0.6 is 0 Å². The maximum Gasteiger partial charge on any atom is 0.407 e. The molecule has 1 aliphatic rings. The summed E-state index contributed by atoms with van der Waals surface area (Å²) in [6, 6.07) is 0.393. The van der Waals surface area contributed by atoms with Crippen molar-refractivity contribution in [3.05, 3.63) is 0 Å². The number of methoxy groups -OCH3 is 1. The molecule has 0 aromatic heterocycles. The van der Waals surface area contributed by atoms with Gasteiger partial charge in [-0.3, -0.25) is 0 Å². The number of hydrogen-bond acceptors (Lipinski definition) is 5. The second-order valence-electron chi connectivity index (χ2n) is 7.03. The van der Waals surface area contributed by atoms with Gasteiger partial charge in [0.1, 0.15) is 5.60 Å². The van der Waals surface area contributed by atoms with E-state index in [0.29, 0.717) is 31.5 Å². The Morgan fingerprint density at radius 3 is 2.73 bits per heavy atom. The van der Waals surface area contributed by atoms with Crippen LogP contribution in [-0.2, 0) is 9.47 Å². The van der Waals surface area contributed by atoms with Gasteiger partial charge < -0.3 is 25.2 Å². The third kappa shape index (κ3) is 7.96. The Bertz CT molecular complexity index is 331. The van der Waals surface area contributed by atoms with E-state index < -0.39 is 11.7 Å². The van der Waals surface area contributed by atoms with Crippen molar-refractivity contribution in [3.8, 4) is 0 Å². The van der Waals surface area contributed by atoms with E-state index in [0.717, 1.165) is 19.4 Å². The number of aliphatic hydroxyl groups is 1. The topological polar surface area (TPSA) is 79.8 Å². The van der Waals surface area contributed by atoms with Gasteiger partial charge in [0.05, 0.1) is 12.7 Å². The van der Waals surface area contributed by atoms with Crippen LogP contribution < -0.4 is 10.6 Å². The summed E-state index contributed by atoms with van der Waals surface area (Å²) < 4.78 is 10.2. The van der Waals surface area contributed by atoms with Crippen LogP contribution in [0.4, 0.5) is 4.79 Å². The van der Waals surface area contributed by atoms with E-state index >= 15 is 0 Å². The smallest absolute Gasteiger partial charge is 0.407 e. The SMILES string of the molecule is COCC(O)CCNC1CCCC1CNC(=O)OC(C)(C)C. The van der Waals surface area contributed by atoms with Gasteiger partial charge in [0.2, 0.25) is 0 Å². The van der Waals surface area contributed by atoms with Crippen molar-refractivity contribution in [1.82, 2.24) is 10.6 Å². The number of hydrogen-bond donors (Lipinski definition) is 3. The molecule has 1 rings (SSSR count). The summed E-state index contributed by atoms with van der Waals surface area (Å²) >= 11 is 0. The maximum atomic E-state index is 11.7. The molecule has 0 bridgehead atoms. The van der Waals surface area contributed by atoms with E-state index in [1.54, 1.807) is 7.11 Å². The highest BCUT2D eigenvalue weighted by atomic mass is 16.6. The first-order chi connectivity index (χ1) is 10.3. The summed E-state index contributed by atoms with van der Waals surface area (Å²) in [4.78, 5) is 11.7. The van der Waals surface area contributed by atoms with Crippen LogP contribution in [0.3, 0.4) is 0 Å². The fourth-order valence-corrected chi connectivity index (χ4v) is 2.79. The summed E-state index contributed by atoms with van der Waals surface area (Å²) in [7, 11) is 1.59. The van der Waals surface area contributed by atoms with Crippen LogP contribution in [0.15, 0.2) is 0 Å². The zero-order chi connectivity index (χ0) is 16.6. The predicted molar refractivity (Wildman–Crippen MR) is 85.9 cm³/mol. The highest BCUT2D eigenvalue weighted by Crippen LogP contribution is 2.25. The Morgan fingerprint density at radius 2 is 2.09 bits per heavy atom. The van der Waals surface area contributed by atoms with Gasteiger partial charge in [-0.2, -0.15) is 0 Å². The van der Waals surface area contributed by atoms with Crippen molar-refractivity contribution in [2.24, 2.45) is 5.92 Å². The van der Waals surface area contributed by atoms with Crippen LogP contribution in [-0.4, -0.2) is 55.8 Å². The van der Waals surface area contributed by atoms with Gasteiger partial charge in [-0.25, -0.2) is 4.79 Å². The summed E-state index contributed by atoms with van der Waals surface area (Å²) in [6.45, 7) is 7.34. The number of ether oxygens (including phenoxy) is 2. The fourth-order valence-electron chi connectivity index (χ4n) is 2.79. The molecule has 3 N–H and O–H groups in total. The molecule has 3 atom stereocenters. The summed E-state index contributed by atoms with van der Waals surface area (Å²) in [5.74, 6) is 0.423. The lowest BCUT2D eigenvalue weighted by molar-refractivity contribution is 0.0516. The van der Waals surface area contributed by atoms with E-state index in [4.69, 9.17) is 9.47 Å². The number of rotatable bonds is 8. The number of amides is 1. The second kappa shape index (κ2) is 9.33. The first-order valence-electron chi connectivity index (χ1n) is 8.19. The molecule has 1 saturated carbocycles. The molecule has 1 amide bonds. The molecule has 0 aromatic rings. The normalized spacial score (nSPS) is 23.3. The number of aliphatic hydroxyl groups excluding tert-OH is 1. The standard InChI is InChI=1S/C16H32N2O4/c1-16(2,3)22-15(20)18-10-12-6-5-7-14(12)17-9-8-13(19)11-21-4/h12-14,17,19H,5-11H2,1-4H3,(H,18,20). The second-order valence-corrected chi connectivity index (χ2v) is 7.03. The summed E-state index contributed by atoms with van der Waals surface area (Å²) in [6.07, 6.45) is 3.29. The molecule has 0 spiro atoms. The average molecular weight is 316 g/mol. The molecule has 130 valence electrons.